The molecule has 8 aliphatic carbocycles. The van der Waals surface area contributed by atoms with Crippen molar-refractivity contribution in [3.63, 3.8) is 0 Å². The van der Waals surface area contributed by atoms with Crippen molar-refractivity contribution in [3.05, 3.63) is 0 Å². The van der Waals surface area contributed by atoms with E-state index in [0.717, 1.165) is 10.8 Å². The molecule has 8 unspecified atom stereocenters. The maximum absolute atomic E-state index is 1.71. The van der Waals surface area contributed by atoms with Gasteiger partial charge in [0.15, 0.2) is 0 Å². The van der Waals surface area contributed by atoms with Gasteiger partial charge in [0.1, 0.15) is 0 Å². The standard InChI is InChI=1S/C14H18/c1-2-9-8(1)11-6-14(9)12-7-3-4-13(11,14)10(12)5-7/h7-12H,1-6H2. The van der Waals surface area contributed by atoms with Crippen LogP contribution in [0.4, 0.5) is 0 Å². The summed E-state index contributed by atoms with van der Waals surface area (Å²) in [7, 11) is 0. The summed E-state index contributed by atoms with van der Waals surface area (Å²) in [4.78, 5) is 0. The second-order valence-corrected chi connectivity index (χ2v) is 7.41. The molecule has 0 aromatic rings. The Morgan fingerprint density at radius 1 is 0.857 bits per heavy atom. The third kappa shape index (κ3) is 0.305. The lowest BCUT2D eigenvalue weighted by molar-refractivity contribution is -0.396. The molecule has 0 nitrogen and oxygen atoms in total. The molecule has 0 aromatic carbocycles. The van der Waals surface area contributed by atoms with Crippen LogP contribution in [0, 0.1) is 46.3 Å². The fourth-order valence-electron chi connectivity index (χ4n) is 8.23. The van der Waals surface area contributed by atoms with Crippen LogP contribution in [0.1, 0.15) is 38.5 Å². The van der Waals surface area contributed by atoms with E-state index in [1.165, 1.54) is 35.5 Å². The summed E-state index contributed by atoms with van der Waals surface area (Å²) in [6.07, 6.45) is 9.96. The van der Waals surface area contributed by atoms with Gasteiger partial charge < -0.3 is 0 Å². The van der Waals surface area contributed by atoms with Crippen molar-refractivity contribution in [2.45, 2.75) is 38.5 Å². The second kappa shape index (κ2) is 1.44. The minimum Gasteiger partial charge on any atom is -0.0496 e. The van der Waals surface area contributed by atoms with Gasteiger partial charge in [-0.3, -0.25) is 0 Å². The van der Waals surface area contributed by atoms with E-state index in [1.54, 1.807) is 38.5 Å². The Labute approximate surface area is 85.4 Å². The van der Waals surface area contributed by atoms with E-state index in [2.05, 4.69) is 0 Å². The van der Waals surface area contributed by atoms with E-state index in [-0.39, 0.29) is 0 Å². The third-order valence-corrected chi connectivity index (χ3v) is 8.28. The zero-order valence-electron chi connectivity index (χ0n) is 8.71. The van der Waals surface area contributed by atoms with Gasteiger partial charge in [-0.2, -0.15) is 0 Å². The summed E-state index contributed by atoms with van der Waals surface area (Å²) in [5.41, 5.74) is 2.00. The molecule has 0 radical (unpaired) electrons. The average molecular weight is 186 g/mol. The maximum Gasteiger partial charge on any atom is -0.0168 e. The monoisotopic (exact) mass is 186 g/mol. The fourth-order valence-corrected chi connectivity index (χ4v) is 8.23. The second-order valence-electron chi connectivity index (χ2n) is 7.41. The van der Waals surface area contributed by atoms with E-state index in [9.17, 15) is 0 Å². The molecular formula is C14H18. The lowest BCUT2D eigenvalue weighted by atomic mass is 9.17. The summed E-state index contributed by atoms with van der Waals surface area (Å²) in [6.45, 7) is 0. The van der Waals surface area contributed by atoms with Gasteiger partial charge in [0.05, 0.1) is 0 Å². The summed E-state index contributed by atoms with van der Waals surface area (Å²) in [5, 5.41) is 0. The SMILES string of the molecule is C1CC23C4CC2(C2CCC42)C2C1CC23. The normalized spacial score (nSPS) is 84.0. The number of fused-ring (bicyclic) bond motifs is 2. The highest BCUT2D eigenvalue weighted by Gasteiger charge is 2.93. The van der Waals surface area contributed by atoms with Gasteiger partial charge in [-0.25, -0.2) is 0 Å². The van der Waals surface area contributed by atoms with E-state index >= 15 is 0 Å². The van der Waals surface area contributed by atoms with Gasteiger partial charge in [-0.1, -0.05) is 0 Å². The van der Waals surface area contributed by atoms with E-state index in [4.69, 9.17) is 0 Å². The Morgan fingerprint density at radius 3 is 2.57 bits per heavy atom. The summed E-state index contributed by atoms with van der Waals surface area (Å²) in [5.74, 6) is 7.54. The molecule has 8 saturated carbocycles. The molecule has 8 aliphatic rings. The molecule has 14 heavy (non-hydrogen) atoms. The van der Waals surface area contributed by atoms with Gasteiger partial charge >= 0.3 is 0 Å². The zero-order valence-corrected chi connectivity index (χ0v) is 8.71. The first kappa shape index (κ1) is 6.55. The number of rotatable bonds is 0. The zero-order chi connectivity index (χ0) is 8.71. The molecule has 0 aromatic heterocycles. The molecule has 0 heteroatoms. The van der Waals surface area contributed by atoms with Crippen molar-refractivity contribution in [1.82, 2.24) is 0 Å². The first-order chi connectivity index (χ1) is 6.89. The van der Waals surface area contributed by atoms with Crippen LogP contribution in [0.2, 0.25) is 0 Å². The molecule has 0 N–H and O–H groups in total. The molecule has 8 fully saturated rings. The highest BCUT2D eigenvalue weighted by Crippen LogP contribution is 2.99. The van der Waals surface area contributed by atoms with Crippen molar-refractivity contribution in [1.29, 1.82) is 0 Å². The van der Waals surface area contributed by atoms with Gasteiger partial charge in [-0.15, -0.1) is 0 Å². The van der Waals surface area contributed by atoms with Gasteiger partial charge in [0, 0.05) is 0 Å². The highest BCUT2D eigenvalue weighted by atomic mass is 15.0. The van der Waals surface area contributed by atoms with Crippen molar-refractivity contribution in [2.75, 3.05) is 0 Å². The smallest absolute Gasteiger partial charge is 0.0168 e. The number of hydrogen-bond acceptors (Lipinski definition) is 0. The van der Waals surface area contributed by atoms with Crippen LogP contribution in [-0.2, 0) is 0 Å². The fraction of sp³-hybridized carbons (Fsp3) is 1.00. The molecule has 0 aliphatic heterocycles. The van der Waals surface area contributed by atoms with Crippen molar-refractivity contribution in [2.24, 2.45) is 46.3 Å². The van der Waals surface area contributed by atoms with Crippen LogP contribution >= 0.6 is 0 Å². The predicted molar refractivity (Wildman–Crippen MR) is 53.5 cm³/mol. The van der Waals surface area contributed by atoms with Crippen LogP contribution in [0.5, 0.6) is 0 Å². The van der Waals surface area contributed by atoms with Gasteiger partial charge in [0.25, 0.3) is 0 Å². The van der Waals surface area contributed by atoms with Crippen molar-refractivity contribution < 1.29 is 0 Å². The molecule has 0 heterocycles. The van der Waals surface area contributed by atoms with Crippen molar-refractivity contribution in [3.8, 4) is 0 Å². The predicted octanol–water partition coefficient (Wildman–Crippen LogP) is 3.08. The molecule has 1 spiro atoms. The van der Waals surface area contributed by atoms with Crippen LogP contribution in [0.3, 0.4) is 0 Å². The first-order valence-corrected chi connectivity index (χ1v) is 6.89. The quantitative estimate of drug-likeness (QED) is 0.545. The first-order valence-electron chi connectivity index (χ1n) is 6.89. The third-order valence-electron chi connectivity index (χ3n) is 8.28. The summed E-state index contributed by atoms with van der Waals surface area (Å²) < 4.78 is 0. The molecule has 74 valence electrons. The van der Waals surface area contributed by atoms with E-state index < -0.39 is 0 Å². The average Bonchev–Trinajstić information content (AvgIpc) is 2.42. The van der Waals surface area contributed by atoms with Crippen LogP contribution < -0.4 is 0 Å². The van der Waals surface area contributed by atoms with Crippen molar-refractivity contribution >= 4 is 0 Å². The molecule has 6 bridgehead atoms. The largest absolute Gasteiger partial charge is 0.0496 e. The Kier molecular flexibility index (Phi) is 0.676. The Hall–Kier alpha value is 0. The Morgan fingerprint density at radius 2 is 1.86 bits per heavy atom. The Bertz CT molecular complexity index is 364. The minimum atomic E-state index is 0.998. The molecular weight excluding hydrogens is 168 g/mol. The topological polar surface area (TPSA) is 0 Å². The summed E-state index contributed by atoms with van der Waals surface area (Å²) >= 11 is 0. The van der Waals surface area contributed by atoms with Gasteiger partial charge in [-0.05, 0) is 84.9 Å². The lowest BCUT2D eigenvalue weighted by Gasteiger charge is -2.87. The molecule has 8 rings (SSSR count). The molecule has 0 amide bonds. The van der Waals surface area contributed by atoms with Crippen LogP contribution in [0.25, 0.3) is 0 Å². The van der Waals surface area contributed by atoms with E-state index in [1.807, 2.05) is 0 Å². The maximum atomic E-state index is 1.71. The van der Waals surface area contributed by atoms with Crippen LogP contribution in [-0.4, -0.2) is 0 Å². The molecule has 0 saturated heterocycles. The summed E-state index contributed by atoms with van der Waals surface area (Å²) in [6, 6.07) is 0. The van der Waals surface area contributed by atoms with E-state index in [0.29, 0.717) is 0 Å². The lowest BCUT2D eigenvalue weighted by Crippen LogP contribution is -2.82. The highest BCUT2D eigenvalue weighted by molar-refractivity contribution is 5.41. The Balaban J connectivity index is 1.66. The van der Waals surface area contributed by atoms with Gasteiger partial charge in [0.2, 0.25) is 0 Å². The minimum absolute atomic E-state index is 0.998. The number of hydrogen-bond donors (Lipinski definition) is 0. The molecule has 8 atom stereocenters. The van der Waals surface area contributed by atoms with Crippen LogP contribution in [0.15, 0.2) is 0 Å².